The third-order valence-electron chi connectivity index (χ3n) is 3.58. The number of nitrogens with two attached hydrogens (primary N) is 1. The maximum atomic E-state index is 5.61. The van der Waals surface area contributed by atoms with E-state index in [-0.39, 0.29) is 0 Å². The van der Waals surface area contributed by atoms with Gasteiger partial charge < -0.3 is 10.6 Å². The highest BCUT2D eigenvalue weighted by Gasteiger charge is 2.20. The molecule has 1 heterocycles. The van der Waals surface area contributed by atoms with E-state index in [1.54, 1.807) is 0 Å². The summed E-state index contributed by atoms with van der Waals surface area (Å²) in [5.74, 6) is 0. The molecule has 0 aromatic heterocycles. The zero-order valence-corrected chi connectivity index (χ0v) is 10.0. The standard InChI is InChI=1S/C15H18N2/c16-9-3-10-17-11-8-13-7-6-12-4-1-2-5-14(12)15(13)17/h1-2,4-7H,3,8-11,16H2. The minimum atomic E-state index is 0.774. The Kier molecular flexibility index (Phi) is 2.73. The van der Waals surface area contributed by atoms with Gasteiger partial charge in [-0.2, -0.15) is 0 Å². The Morgan fingerprint density at radius 1 is 1.12 bits per heavy atom. The minimum Gasteiger partial charge on any atom is -0.370 e. The largest absolute Gasteiger partial charge is 0.370 e. The second kappa shape index (κ2) is 4.38. The topological polar surface area (TPSA) is 29.3 Å². The van der Waals surface area contributed by atoms with Crippen LogP contribution < -0.4 is 10.6 Å². The fourth-order valence-electron chi connectivity index (χ4n) is 2.75. The second-order valence-electron chi connectivity index (χ2n) is 4.67. The number of benzene rings is 2. The average molecular weight is 226 g/mol. The monoisotopic (exact) mass is 226 g/mol. The highest BCUT2D eigenvalue weighted by atomic mass is 15.1. The molecule has 0 saturated heterocycles. The van der Waals surface area contributed by atoms with Crippen LogP contribution >= 0.6 is 0 Å². The molecule has 0 spiro atoms. The zero-order chi connectivity index (χ0) is 11.7. The first-order valence-electron chi connectivity index (χ1n) is 6.36. The fraction of sp³-hybridized carbons (Fsp3) is 0.333. The minimum absolute atomic E-state index is 0.774. The second-order valence-corrected chi connectivity index (χ2v) is 4.67. The summed E-state index contributed by atoms with van der Waals surface area (Å²) in [6.07, 6.45) is 2.24. The van der Waals surface area contributed by atoms with Crippen LogP contribution in [0.5, 0.6) is 0 Å². The Labute approximate surface area is 102 Å². The first-order valence-corrected chi connectivity index (χ1v) is 6.36. The Hall–Kier alpha value is -1.54. The highest BCUT2D eigenvalue weighted by molar-refractivity contribution is 5.96. The Morgan fingerprint density at radius 2 is 2.00 bits per heavy atom. The van der Waals surface area contributed by atoms with Crippen LogP contribution in [-0.2, 0) is 6.42 Å². The summed E-state index contributed by atoms with van der Waals surface area (Å²) in [7, 11) is 0. The van der Waals surface area contributed by atoms with E-state index >= 15 is 0 Å². The molecule has 0 saturated carbocycles. The molecule has 0 bridgehead atoms. The first kappa shape index (κ1) is 10.6. The summed E-state index contributed by atoms with van der Waals surface area (Å²) >= 11 is 0. The van der Waals surface area contributed by atoms with E-state index in [4.69, 9.17) is 5.73 Å². The maximum absolute atomic E-state index is 5.61. The van der Waals surface area contributed by atoms with E-state index in [1.165, 1.54) is 28.4 Å². The maximum Gasteiger partial charge on any atom is 0.0479 e. The van der Waals surface area contributed by atoms with Gasteiger partial charge in [-0.25, -0.2) is 0 Å². The van der Waals surface area contributed by atoms with Gasteiger partial charge in [-0.05, 0) is 30.3 Å². The first-order chi connectivity index (χ1) is 8.40. The van der Waals surface area contributed by atoms with Crippen molar-refractivity contribution in [1.82, 2.24) is 0 Å². The normalized spacial score (nSPS) is 14.3. The summed E-state index contributed by atoms with van der Waals surface area (Å²) in [6, 6.07) is 13.2. The molecule has 2 aromatic rings. The van der Waals surface area contributed by atoms with Gasteiger partial charge in [0.15, 0.2) is 0 Å². The molecule has 0 atom stereocenters. The van der Waals surface area contributed by atoms with Gasteiger partial charge in [-0.15, -0.1) is 0 Å². The predicted molar refractivity (Wildman–Crippen MR) is 73.5 cm³/mol. The molecule has 0 fully saturated rings. The molecule has 0 radical (unpaired) electrons. The number of hydrogen-bond acceptors (Lipinski definition) is 2. The number of rotatable bonds is 3. The van der Waals surface area contributed by atoms with Gasteiger partial charge in [0.2, 0.25) is 0 Å². The lowest BCUT2D eigenvalue weighted by atomic mass is 10.0. The van der Waals surface area contributed by atoms with Crippen molar-refractivity contribution in [3.05, 3.63) is 42.0 Å². The van der Waals surface area contributed by atoms with E-state index in [1.807, 2.05) is 0 Å². The summed E-state index contributed by atoms with van der Waals surface area (Å²) in [5, 5.41) is 2.73. The summed E-state index contributed by atoms with van der Waals surface area (Å²) in [5.41, 5.74) is 8.54. The molecule has 0 unspecified atom stereocenters. The molecule has 2 heteroatoms. The molecular formula is C15H18N2. The van der Waals surface area contributed by atoms with Crippen LogP contribution in [0.2, 0.25) is 0 Å². The quantitative estimate of drug-likeness (QED) is 0.871. The molecule has 2 nitrogen and oxygen atoms in total. The fourth-order valence-corrected chi connectivity index (χ4v) is 2.75. The highest BCUT2D eigenvalue weighted by Crippen LogP contribution is 2.35. The van der Waals surface area contributed by atoms with Crippen molar-refractivity contribution in [1.29, 1.82) is 0 Å². The van der Waals surface area contributed by atoms with Crippen molar-refractivity contribution < 1.29 is 0 Å². The van der Waals surface area contributed by atoms with E-state index in [9.17, 15) is 0 Å². The average Bonchev–Trinajstić information content (AvgIpc) is 2.80. The lowest BCUT2D eigenvalue weighted by molar-refractivity contribution is 0.760. The molecule has 2 N–H and O–H groups in total. The summed E-state index contributed by atoms with van der Waals surface area (Å²) in [6.45, 7) is 3.00. The van der Waals surface area contributed by atoms with Crippen molar-refractivity contribution in [2.24, 2.45) is 5.73 Å². The number of nitrogens with zero attached hydrogens (tertiary/aromatic N) is 1. The molecular weight excluding hydrogens is 208 g/mol. The molecule has 1 aliphatic heterocycles. The number of fused-ring (bicyclic) bond motifs is 3. The lowest BCUT2D eigenvalue weighted by Gasteiger charge is -2.20. The van der Waals surface area contributed by atoms with Gasteiger partial charge in [-0.1, -0.05) is 36.4 Å². The van der Waals surface area contributed by atoms with Crippen molar-refractivity contribution in [3.8, 4) is 0 Å². The van der Waals surface area contributed by atoms with Gasteiger partial charge in [0.25, 0.3) is 0 Å². The Morgan fingerprint density at radius 3 is 2.88 bits per heavy atom. The van der Waals surface area contributed by atoms with Gasteiger partial charge >= 0.3 is 0 Å². The predicted octanol–water partition coefficient (Wildman–Crippen LogP) is 2.55. The van der Waals surface area contributed by atoms with Crippen molar-refractivity contribution in [3.63, 3.8) is 0 Å². The van der Waals surface area contributed by atoms with E-state index < -0.39 is 0 Å². The SMILES string of the molecule is NCCCN1CCc2ccc3ccccc3c21. The van der Waals surface area contributed by atoms with Crippen molar-refractivity contribution >= 4 is 16.5 Å². The van der Waals surface area contributed by atoms with Crippen molar-refractivity contribution in [2.75, 3.05) is 24.5 Å². The summed E-state index contributed by atoms with van der Waals surface area (Å²) < 4.78 is 0. The summed E-state index contributed by atoms with van der Waals surface area (Å²) in [4.78, 5) is 2.49. The zero-order valence-electron chi connectivity index (χ0n) is 10.0. The van der Waals surface area contributed by atoms with Gasteiger partial charge in [0.05, 0.1) is 0 Å². The molecule has 0 aliphatic carbocycles. The third kappa shape index (κ3) is 1.79. The van der Waals surface area contributed by atoms with Gasteiger partial charge in [0.1, 0.15) is 0 Å². The van der Waals surface area contributed by atoms with E-state index in [0.717, 1.165) is 26.1 Å². The van der Waals surface area contributed by atoms with Crippen LogP contribution in [0.1, 0.15) is 12.0 Å². The smallest absolute Gasteiger partial charge is 0.0479 e. The Bertz CT molecular complexity index is 533. The van der Waals surface area contributed by atoms with Gasteiger partial charge in [-0.3, -0.25) is 0 Å². The number of anilines is 1. The van der Waals surface area contributed by atoms with Crippen LogP contribution in [0.3, 0.4) is 0 Å². The molecule has 2 aromatic carbocycles. The molecule has 88 valence electrons. The van der Waals surface area contributed by atoms with E-state index in [2.05, 4.69) is 41.3 Å². The van der Waals surface area contributed by atoms with E-state index in [0.29, 0.717) is 0 Å². The van der Waals surface area contributed by atoms with Crippen LogP contribution in [0.25, 0.3) is 10.8 Å². The van der Waals surface area contributed by atoms with Gasteiger partial charge in [0, 0.05) is 24.2 Å². The van der Waals surface area contributed by atoms with Crippen LogP contribution in [0, 0.1) is 0 Å². The lowest BCUT2D eigenvalue weighted by Crippen LogP contribution is -2.23. The molecule has 1 aliphatic rings. The molecule has 0 amide bonds. The third-order valence-corrected chi connectivity index (χ3v) is 3.58. The molecule has 3 rings (SSSR count). The molecule has 17 heavy (non-hydrogen) atoms. The van der Waals surface area contributed by atoms with Crippen LogP contribution in [-0.4, -0.2) is 19.6 Å². The van der Waals surface area contributed by atoms with Crippen LogP contribution in [0.15, 0.2) is 36.4 Å². The van der Waals surface area contributed by atoms with Crippen molar-refractivity contribution in [2.45, 2.75) is 12.8 Å². The number of hydrogen-bond donors (Lipinski definition) is 1. The Balaban J connectivity index is 2.08. The van der Waals surface area contributed by atoms with Crippen LogP contribution in [0.4, 0.5) is 5.69 Å².